The lowest BCUT2D eigenvalue weighted by Gasteiger charge is -2.31. The van der Waals surface area contributed by atoms with Crippen LogP contribution < -0.4 is 10.2 Å². The summed E-state index contributed by atoms with van der Waals surface area (Å²) in [5.74, 6) is -1.05. The van der Waals surface area contributed by atoms with Gasteiger partial charge in [-0.1, -0.05) is 12.1 Å². The molecule has 1 aliphatic heterocycles. The molecule has 2 aromatic carbocycles. The van der Waals surface area contributed by atoms with Gasteiger partial charge in [0.25, 0.3) is 0 Å². The molecule has 3 aromatic rings. The first-order valence-electron chi connectivity index (χ1n) is 9.04. The lowest BCUT2D eigenvalue weighted by Crippen LogP contribution is -2.35. The second-order valence-electron chi connectivity index (χ2n) is 6.80. The summed E-state index contributed by atoms with van der Waals surface area (Å²) in [5.41, 5.74) is 1.88. The summed E-state index contributed by atoms with van der Waals surface area (Å²) in [6, 6.07) is 14.0. The lowest BCUT2D eigenvalue weighted by molar-refractivity contribution is -0.144. The van der Waals surface area contributed by atoms with Crippen molar-refractivity contribution in [3.05, 3.63) is 54.4 Å². The number of hydrogen-bond donors (Lipinski definition) is 2. The number of alkyl halides is 3. The molecule has 0 atom stereocenters. The van der Waals surface area contributed by atoms with Crippen LogP contribution in [-0.2, 0) is 6.18 Å². The number of aliphatic hydroxyl groups excluding tert-OH is 1. The van der Waals surface area contributed by atoms with E-state index in [0.29, 0.717) is 11.1 Å². The van der Waals surface area contributed by atoms with Crippen molar-refractivity contribution in [2.45, 2.75) is 25.1 Å². The highest BCUT2D eigenvalue weighted by Crippen LogP contribution is 2.32. The third-order valence-corrected chi connectivity index (χ3v) is 4.82. The molecule has 1 aliphatic rings. The SMILES string of the molecule is OC1CCN(c2ccc(Nc3nc(C(F)(F)F)nc4ccccc34)cc2)CC1. The zero-order valence-electron chi connectivity index (χ0n) is 14.9. The Balaban J connectivity index is 1.61. The minimum atomic E-state index is -4.62. The maximum atomic E-state index is 13.1. The van der Waals surface area contributed by atoms with Gasteiger partial charge in [0, 0.05) is 29.9 Å². The van der Waals surface area contributed by atoms with Crippen LogP contribution in [0.3, 0.4) is 0 Å². The molecule has 28 heavy (non-hydrogen) atoms. The highest BCUT2D eigenvalue weighted by molar-refractivity contribution is 5.90. The van der Waals surface area contributed by atoms with Gasteiger partial charge in [-0.2, -0.15) is 13.2 Å². The molecule has 1 saturated heterocycles. The van der Waals surface area contributed by atoms with Gasteiger partial charge in [-0.3, -0.25) is 0 Å². The zero-order valence-corrected chi connectivity index (χ0v) is 14.9. The summed E-state index contributed by atoms with van der Waals surface area (Å²) < 4.78 is 39.4. The minimum absolute atomic E-state index is 0.117. The smallest absolute Gasteiger partial charge is 0.393 e. The molecule has 0 saturated carbocycles. The van der Waals surface area contributed by atoms with Gasteiger partial charge in [-0.05, 0) is 49.2 Å². The van der Waals surface area contributed by atoms with Gasteiger partial charge in [0.15, 0.2) is 0 Å². The first-order valence-corrected chi connectivity index (χ1v) is 9.04. The van der Waals surface area contributed by atoms with Crippen LogP contribution in [0.4, 0.5) is 30.4 Å². The van der Waals surface area contributed by atoms with E-state index in [2.05, 4.69) is 20.2 Å². The van der Waals surface area contributed by atoms with E-state index in [0.717, 1.165) is 31.6 Å². The van der Waals surface area contributed by atoms with Crippen LogP contribution >= 0.6 is 0 Å². The number of aliphatic hydroxyl groups is 1. The number of fused-ring (bicyclic) bond motifs is 1. The highest BCUT2D eigenvalue weighted by atomic mass is 19.4. The number of nitrogens with zero attached hydrogens (tertiary/aromatic N) is 3. The van der Waals surface area contributed by atoms with Gasteiger partial charge >= 0.3 is 6.18 Å². The maximum absolute atomic E-state index is 13.1. The molecule has 0 amide bonds. The van der Waals surface area contributed by atoms with E-state index in [1.165, 1.54) is 6.07 Å². The topological polar surface area (TPSA) is 61.3 Å². The number of para-hydroxylation sites is 1. The molecule has 0 spiro atoms. The molecule has 2 heterocycles. The Morgan fingerprint density at radius 3 is 2.32 bits per heavy atom. The molecular formula is C20H19F3N4O. The summed E-state index contributed by atoms with van der Waals surface area (Å²) >= 11 is 0. The molecule has 8 heteroatoms. The fourth-order valence-electron chi connectivity index (χ4n) is 3.32. The zero-order chi connectivity index (χ0) is 19.7. The van der Waals surface area contributed by atoms with Gasteiger partial charge in [-0.15, -0.1) is 0 Å². The van der Waals surface area contributed by atoms with Gasteiger partial charge < -0.3 is 15.3 Å². The Morgan fingerprint density at radius 1 is 0.964 bits per heavy atom. The summed E-state index contributed by atoms with van der Waals surface area (Å²) in [7, 11) is 0. The number of aromatic nitrogens is 2. The largest absolute Gasteiger partial charge is 0.451 e. The van der Waals surface area contributed by atoms with Crippen molar-refractivity contribution < 1.29 is 18.3 Å². The molecule has 0 unspecified atom stereocenters. The Labute approximate surface area is 159 Å². The Morgan fingerprint density at radius 2 is 1.64 bits per heavy atom. The monoisotopic (exact) mass is 388 g/mol. The molecule has 1 fully saturated rings. The molecule has 0 aliphatic carbocycles. The standard InChI is InChI=1S/C20H19F3N4O/c21-20(22,23)19-25-17-4-2-1-3-16(17)18(26-19)24-13-5-7-14(8-6-13)27-11-9-15(28)10-12-27/h1-8,15,28H,9-12H2,(H,24,25,26). The molecule has 0 bridgehead atoms. The third kappa shape index (κ3) is 3.87. The van der Waals surface area contributed by atoms with Crippen LogP contribution in [0.1, 0.15) is 18.7 Å². The average Bonchev–Trinajstić information content (AvgIpc) is 2.68. The summed E-state index contributed by atoms with van der Waals surface area (Å²) in [6.45, 7) is 1.55. The Bertz CT molecular complexity index is 967. The number of anilines is 3. The molecule has 2 N–H and O–H groups in total. The van der Waals surface area contributed by atoms with E-state index in [1.54, 1.807) is 18.2 Å². The average molecular weight is 388 g/mol. The molecular weight excluding hydrogens is 369 g/mol. The second-order valence-corrected chi connectivity index (χ2v) is 6.80. The first-order chi connectivity index (χ1) is 13.4. The number of halogens is 3. The molecule has 146 valence electrons. The Kier molecular flexibility index (Phi) is 4.80. The highest BCUT2D eigenvalue weighted by Gasteiger charge is 2.35. The number of benzene rings is 2. The molecule has 0 radical (unpaired) electrons. The summed E-state index contributed by atoms with van der Waals surface area (Å²) in [5, 5.41) is 13.1. The van der Waals surface area contributed by atoms with Crippen molar-refractivity contribution in [3.8, 4) is 0 Å². The van der Waals surface area contributed by atoms with E-state index < -0.39 is 12.0 Å². The summed E-state index contributed by atoms with van der Waals surface area (Å²) in [4.78, 5) is 9.51. The third-order valence-electron chi connectivity index (χ3n) is 4.82. The van der Waals surface area contributed by atoms with E-state index >= 15 is 0 Å². The van der Waals surface area contributed by atoms with Crippen molar-refractivity contribution >= 4 is 28.1 Å². The summed E-state index contributed by atoms with van der Waals surface area (Å²) in [6.07, 6.45) is -3.41. The molecule has 5 nitrogen and oxygen atoms in total. The van der Waals surface area contributed by atoms with Crippen LogP contribution in [0, 0.1) is 0 Å². The van der Waals surface area contributed by atoms with E-state index in [9.17, 15) is 18.3 Å². The van der Waals surface area contributed by atoms with Crippen molar-refractivity contribution in [1.29, 1.82) is 0 Å². The lowest BCUT2D eigenvalue weighted by atomic mass is 10.1. The predicted molar refractivity (Wildman–Crippen MR) is 102 cm³/mol. The number of piperidine rings is 1. The molecule has 1 aromatic heterocycles. The maximum Gasteiger partial charge on any atom is 0.451 e. The van der Waals surface area contributed by atoms with Crippen LogP contribution in [0.2, 0.25) is 0 Å². The number of hydrogen-bond acceptors (Lipinski definition) is 5. The normalized spacial score (nSPS) is 15.8. The van der Waals surface area contributed by atoms with Crippen molar-refractivity contribution in [2.75, 3.05) is 23.3 Å². The van der Waals surface area contributed by atoms with Crippen LogP contribution in [-0.4, -0.2) is 34.3 Å². The van der Waals surface area contributed by atoms with Crippen molar-refractivity contribution in [2.24, 2.45) is 0 Å². The van der Waals surface area contributed by atoms with Crippen LogP contribution in [0.15, 0.2) is 48.5 Å². The van der Waals surface area contributed by atoms with Crippen LogP contribution in [0.5, 0.6) is 0 Å². The van der Waals surface area contributed by atoms with Gasteiger partial charge in [-0.25, -0.2) is 9.97 Å². The number of rotatable bonds is 3. The van der Waals surface area contributed by atoms with Crippen LogP contribution in [0.25, 0.3) is 10.9 Å². The van der Waals surface area contributed by atoms with E-state index in [4.69, 9.17) is 0 Å². The van der Waals surface area contributed by atoms with E-state index in [-0.39, 0.29) is 17.4 Å². The quantitative estimate of drug-likeness (QED) is 0.698. The fraction of sp³-hybridized carbons (Fsp3) is 0.300. The van der Waals surface area contributed by atoms with Gasteiger partial charge in [0.2, 0.25) is 5.82 Å². The number of nitrogens with one attached hydrogen (secondary N) is 1. The van der Waals surface area contributed by atoms with Crippen molar-refractivity contribution in [1.82, 2.24) is 9.97 Å². The molecule has 4 rings (SSSR count). The minimum Gasteiger partial charge on any atom is -0.393 e. The van der Waals surface area contributed by atoms with Gasteiger partial charge in [0.05, 0.1) is 11.6 Å². The fourth-order valence-corrected chi connectivity index (χ4v) is 3.32. The van der Waals surface area contributed by atoms with E-state index in [1.807, 2.05) is 24.3 Å². The van der Waals surface area contributed by atoms with Crippen molar-refractivity contribution in [3.63, 3.8) is 0 Å². The van der Waals surface area contributed by atoms with Gasteiger partial charge in [0.1, 0.15) is 5.82 Å². The predicted octanol–water partition coefficient (Wildman–Crippen LogP) is 4.35. The second kappa shape index (κ2) is 7.27. The first kappa shape index (κ1) is 18.5. The Hall–Kier alpha value is -2.87.